The molecule has 0 aliphatic rings. The van der Waals surface area contributed by atoms with E-state index in [1.54, 1.807) is 50.2 Å². The number of amides is 2. The van der Waals surface area contributed by atoms with Crippen molar-refractivity contribution in [1.82, 2.24) is 10.2 Å². The van der Waals surface area contributed by atoms with Crippen LogP contribution >= 0.6 is 34.8 Å². The third-order valence-corrected chi connectivity index (χ3v) is 7.66. The van der Waals surface area contributed by atoms with Crippen molar-refractivity contribution in [3.05, 3.63) is 62.6 Å². The second kappa shape index (κ2) is 12.8. The first-order valence-corrected chi connectivity index (χ1v) is 14.1. The van der Waals surface area contributed by atoms with Gasteiger partial charge in [0, 0.05) is 28.2 Å². The molecule has 2 aromatic rings. The molecule has 192 valence electrons. The van der Waals surface area contributed by atoms with Crippen LogP contribution < -0.4 is 9.62 Å². The Morgan fingerprint density at radius 2 is 1.77 bits per heavy atom. The summed E-state index contributed by atoms with van der Waals surface area (Å²) in [5.41, 5.74) is 1.38. The van der Waals surface area contributed by atoms with Crippen LogP contribution in [-0.4, -0.2) is 50.5 Å². The molecule has 0 unspecified atom stereocenters. The Labute approximate surface area is 222 Å². The summed E-state index contributed by atoms with van der Waals surface area (Å²) in [5.74, 6) is -0.916. The Hall–Kier alpha value is -2.00. The number of hydrogen-bond acceptors (Lipinski definition) is 4. The normalized spacial score (nSPS) is 12.2. The first-order chi connectivity index (χ1) is 16.4. The summed E-state index contributed by atoms with van der Waals surface area (Å²) in [4.78, 5) is 27.7. The molecule has 0 aliphatic heterocycles. The number of carbonyl (C=O) groups is 2. The van der Waals surface area contributed by atoms with Crippen LogP contribution in [-0.2, 0) is 26.2 Å². The number of hydrogen-bond donors (Lipinski definition) is 1. The van der Waals surface area contributed by atoms with Crippen LogP contribution in [0, 0.1) is 6.92 Å². The summed E-state index contributed by atoms with van der Waals surface area (Å²) in [7, 11) is -3.85. The zero-order valence-electron chi connectivity index (χ0n) is 20.1. The highest BCUT2D eigenvalue weighted by Crippen LogP contribution is 2.29. The third-order valence-electron chi connectivity index (χ3n) is 5.54. The van der Waals surface area contributed by atoms with E-state index < -0.39 is 28.5 Å². The largest absolute Gasteiger partial charge is 0.354 e. The quantitative estimate of drug-likeness (QED) is 0.388. The number of rotatable bonds is 11. The minimum Gasteiger partial charge on any atom is -0.354 e. The van der Waals surface area contributed by atoms with Gasteiger partial charge in [-0.3, -0.25) is 13.9 Å². The number of nitrogens with one attached hydrogen (secondary N) is 1. The van der Waals surface area contributed by atoms with Gasteiger partial charge in [-0.15, -0.1) is 0 Å². The molecule has 0 fully saturated rings. The fraction of sp³-hybridized carbons (Fsp3) is 0.417. The van der Waals surface area contributed by atoms with Crippen LogP contribution in [0.5, 0.6) is 0 Å². The molecular formula is C24H30Cl3N3O4S. The lowest BCUT2D eigenvalue weighted by molar-refractivity contribution is -0.139. The number of halogens is 3. The maximum absolute atomic E-state index is 13.6. The molecule has 0 radical (unpaired) electrons. The molecule has 0 saturated heterocycles. The zero-order valence-corrected chi connectivity index (χ0v) is 23.2. The van der Waals surface area contributed by atoms with E-state index in [-0.39, 0.29) is 18.1 Å². The molecule has 2 rings (SSSR count). The highest BCUT2D eigenvalue weighted by atomic mass is 35.5. The van der Waals surface area contributed by atoms with Crippen molar-refractivity contribution in [1.29, 1.82) is 0 Å². The number of nitrogens with zero attached hydrogens (tertiary/aromatic N) is 2. The molecule has 0 aliphatic carbocycles. The average molecular weight is 563 g/mol. The summed E-state index contributed by atoms with van der Waals surface area (Å²) in [5, 5.41) is 3.96. The first-order valence-electron chi connectivity index (χ1n) is 11.1. The molecular weight excluding hydrogens is 533 g/mol. The molecule has 2 aromatic carbocycles. The summed E-state index contributed by atoms with van der Waals surface area (Å²) < 4.78 is 26.4. The maximum atomic E-state index is 13.6. The molecule has 0 spiro atoms. The van der Waals surface area contributed by atoms with E-state index in [0.29, 0.717) is 32.7 Å². The van der Waals surface area contributed by atoms with Gasteiger partial charge in [-0.2, -0.15) is 0 Å². The van der Waals surface area contributed by atoms with E-state index in [9.17, 15) is 18.0 Å². The Morgan fingerprint density at radius 3 is 2.37 bits per heavy atom. The predicted octanol–water partition coefficient (Wildman–Crippen LogP) is 5.05. The molecule has 1 N–H and O–H groups in total. The standard InChI is InChI=1S/C24H30Cl3N3O4S/c1-5-6-12-28-24(32)17(3)29(14-18-10-11-19(25)13-21(18)27)23(31)15-30(35(4,33)34)22-9-7-8-20(26)16(22)2/h7-11,13,17H,5-6,12,14-15H2,1-4H3,(H,28,32)/t17-/m0/s1. The van der Waals surface area contributed by atoms with Crippen molar-refractivity contribution < 1.29 is 18.0 Å². The predicted molar refractivity (Wildman–Crippen MR) is 143 cm³/mol. The average Bonchev–Trinajstić information content (AvgIpc) is 2.78. The van der Waals surface area contributed by atoms with Gasteiger partial charge in [-0.25, -0.2) is 8.42 Å². The summed E-state index contributed by atoms with van der Waals surface area (Å²) >= 11 is 18.5. The Bertz CT molecular complexity index is 1170. The van der Waals surface area contributed by atoms with Gasteiger partial charge in [0.2, 0.25) is 21.8 Å². The lowest BCUT2D eigenvalue weighted by Crippen LogP contribution is -2.51. The highest BCUT2D eigenvalue weighted by Gasteiger charge is 2.31. The van der Waals surface area contributed by atoms with Crippen molar-refractivity contribution >= 4 is 62.3 Å². The smallest absolute Gasteiger partial charge is 0.244 e. The van der Waals surface area contributed by atoms with E-state index in [0.717, 1.165) is 23.4 Å². The maximum Gasteiger partial charge on any atom is 0.244 e. The van der Waals surface area contributed by atoms with Crippen molar-refractivity contribution in [2.24, 2.45) is 0 Å². The fourth-order valence-electron chi connectivity index (χ4n) is 3.41. The second-order valence-corrected chi connectivity index (χ2v) is 11.4. The van der Waals surface area contributed by atoms with E-state index >= 15 is 0 Å². The van der Waals surface area contributed by atoms with Crippen molar-refractivity contribution in [2.75, 3.05) is 23.7 Å². The Kier molecular flexibility index (Phi) is 10.7. The topological polar surface area (TPSA) is 86.8 Å². The first kappa shape index (κ1) is 29.2. The van der Waals surface area contributed by atoms with Crippen LogP contribution in [0.3, 0.4) is 0 Å². The number of unbranched alkanes of at least 4 members (excludes halogenated alkanes) is 1. The second-order valence-electron chi connectivity index (χ2n) is 8.23. The summed E-state index contributed by atoms with van der Waals surface area (Å²) in [6.07, 6.45) is 2.72. The van der Waals surface area contributed by atoms with Crippen LogP contribution in [0.4, 0.5) is 5.69 Å². The van der Waals surface area contributed by atoms with E-state index in [2.05, 4.69) is 5.32 Å². The Morgan fingerprint density at radius 1 is 1.09 bits per heavy atom. The van der Waals surface area contributed by atoms with Crippen molar-refractivity contribution in [2.45, 2.75) is 46.2 Å². The van der Waals surface area contributed by atoms with E-state index in [4.69, 9.17) is 34.8 Å². The molecule has 7 nitrogen and oxygen atoms in total. The van der Waals surface area contributed by atoms with Crippen LogP contribution in [0.15, 0.2) is 36.4 Å². The molecule has 0 heterocycles. The van der Waals surface area contributed by atoms with Gasteiger partial charge in [0.05, 0.1) is 11.9 Å². The summed E-state index contributed by atoms with van der Waals surface area (Å²) in [6, 6.07) is 8.80. The minimum atomic E-state index is -3.85. The van der Waals surface area contributed by atoms with Gasteiger partial charge < -0.3 is 10.2 Å². The zero-order chi connectivity index (χ0) is 26.3. The number of benzene rings is 2. The van der Waals surface area contributed by atoms with Crippen LogP contribution in [0.2, 0.25) is 15.1 Å². The Balaban J connectivity index is 2.43. The molecule has 0 aromatic heterocycles. The number of carbonyl (C=O) groups excluding carboxylic acids is 2. The van der Waals surface area contributed by atoms with Gasteiger partial charge >= 0.3 is 0 Å². The number of anilines is 1. The van der Waals surface area contributed by atoms with Crippen LogP contribution in [0.25, 0.3) is 0 Å². The van der Waals surface area contributed by atoms with E-state index in [1.165, 1.54) is 4.90 Å². The molecule has 0 saturated carbocycles. The van der Waals surface area contributed by atoms with Crippen molar-refractivity contribution in [3.63, 3.8) is 0 Å². The number of sulfonamides is 1. The molecule has 35 heavy (non-hydrogen) atoms. The molecule has 11 heteroatoms. The monoisotopic (exact) mass is 561 g/mol. The fourth-order valence-corrected chi connectivity index (χ4v) is 4.95. The molecule has 0 bridgehead atoms. The molecule has 1 atom stereocenters. The van der Waals surface area contributed by atoms with Gasteiger partial charge in [0.15, 0.2) is 0 Å². The van der Waals surface area contributed by atoms with Gasteiger partial charge in [0.1, 0.15) is 12.6 Å². The van der Waals surface area contributed by atoms with Gasteiger partial charge in [-0.05, 0) is 55.7 Å². The minimum absolute atomic E-state index is 0.0106. The van der Waals surface area contributed by atoms with Crippen molar-refractivity contribution in [3.8, 4) is 0 Å². The van der Waals surface area contributed by atoms with Gasteiger partial charge in [0.25, 0.3) is 0 Å². The van der Waals surface area contributed by atoms with Gasteiger partial charge in [-0.1, -0.05) is 60.3 Å². The summed E-state index contributed by atoms with van der Waals surface area (Å²) in [6.45, 7) is 5.22. The SMILES string of the molecule is CCCCNC(=O)[C@H](C)N(Cc1ccc(Cl)cc1Cl)C(=O)CN(c1cccc(Cl)c1C)S(C)(=O)=O. The lowest BCUT2D eigenvalue weighted by Gasteiger charge is -2.32. The highest BCUT2D eigenvalue weighted by molar-refractivity contribution is 7.92. The van der Waals surface area contributed by atoms with E-state index in [1.807, 2.05) is 6.92 Å². The lowest BCUT2D eigenvalue weighted by atomic mass is 10.1. The molecule has 2 amide bonds. The van der Waals surface area contributed by atoms with Crippen LogP contribution in [0.1, 0.15) is 37.8 Å². The third kappa shape index (κ3) is 8.00.